The smallest absolute Gasteiger partial charge is 0.207 e. The number of amidine groups is 2. The predicted octanol–water partition coefficient (Wildman–Crippen LogP) is 3.05. The summed E-state index contributed by atoms with van der Waals surface area (Å²) in [4.78, 5) is -0.309. The Kier molecular flexibility index (Phi) is 6.84. The van der Waals surface area contributed by atoms with Gasteiger partial charge in [0.25, 0.3) is 0 Å². The van der Waals surface area contributed by atoms with Crippen molar-refractivity contribution in [3.05, 3.63) is 59.2 Å². The summed E-state index contributed by atoms with van der Waals surface area (Å²) in [5, 5.41) is 14.1. The van der Waals surface area contributed by atoms with Crippen molar-refractivity contribution in [3.8, 4) is 0 Å². The van der Waals surface area contributed by atoms with Crippen LogP contribution in [0.15, 0.2) is 46.2 Å². The summed E-state index contributed by atoms with van der Waals surface area (Å²) >= 11 is 1.72. The lowest BCUT2D eigenvalue weighted by Crippen LogP contribution is -2.11. The van der Waals surface area contributed by atoms with Gasteiger partial charge in [0.2, 0.25) is 9.84 Å². The Morgan fingerprint density at radius 2 is 1.22 bits per heavy atom. The summed E-state index contributed by atoms with van der Waals surface area (Å²) in [6.45, 7) is 0. The molecule has 0 amide bonds. The van der Waals surface area contributed by atoms with E-state index in [1.807, 2.05) is 0 Å². The van der Waals surface area contributed by atoms with Gasteiger partial charge in [0, 0.05) is 11.5 Å². The van der Waals surface area contributed by atoms with E-state index in [9.17, 15) is 17.2 Å². The second-order valence-electron chi connectivity index (χ2n) is 5.31. The number of nitrogens with one attached hydrogen (secondary N) is 2. The first-order chi connectivity index (χ1) is 12.6. The van der Waals surface area contributed by atoms with Gasteiger partial charge in [-0.2, -0.15) is 0 Å². The van der Waals surface area contributed by atoms with E-state index in [2.05, 4.69) is 0 Å². The zero-order valence-corrected chi connectivity index (χ0v) is 16.3. The fraction of sp³-hybridized carbons (Fsp3) is 0.125. The van der Waals surface area contributed by atoms with Gasteiger partial charge in [-0.25, -0.2) is 17.2 Å². The molecule has 0 aliphatic rings. The first-order valence-corrected chi connectivity index (χ1v) is 10.8. The SMILES string of the molecule is N=C(N)SCc1cc(F)ccc1S(=O)(=O)c1ccc(F)cc1CSC(=N)N. The zero-order valence-electron chi connectivity index (χ0n) is 13.8. The lowest BCUT2D eigenvalue weighted by atomic mass is 10.2. The number of sulfone groups is 1. The molecule has 0 unspecified atom stereocenters. The summed E-state index contributed by atoms with van der Waals surface area (Å²) in [7, 11) is -4.11. The van der Waals surface area contributed by atoms with Gasteiger partial charge in [-0.3, -0.25) is 10.8 Å². The Bertz CT molecular complexity index is 924. The second-order valence-corrected chi connectivity index (χ2v) is 9.23. The molecule has 0 fully saturated rings. The lowest BCUT2D eigenvalue weighted by Gasteiger charge is -2.14. The first-order valence-electron chi connectivity index (χ1n) is 7.37. The molecule has 6 nitrogen and oxygen atoms in total. The largest absolute Gasteiger partial charge is 0.379 e. The molecule has 144 valence electrons. The normalized spacial score (nSPS) is 11.3. The topological polar surface area (TPSA) is 134 Å². The summed E-state index contributed by atoms with van der Waals surface area (Å²) in [5.74, 6) is -1.28. The molecule has 0 atom stereocenters. The molecule has 0 saturated carbocycles. The number of hydrogen-bond acceptors (Lipinski definition) is 6. The van der Waals surface area contributed by atoms with E-state index < -0.39 is 21.5 Å². The standard InChI is InChI=1S/C16H16F2N4O2S3/c17-11-1-3-13(9(5-11)7-25-15(19)20)27(23,24)14-4-2-12(18)6-10(14)8-26-16(21)22/h1-6H,7-8H2,(H3,19,20)(H3,21,22). The average Bonchev–Trinajstić information content (AvgIpc) is 2.57. The van der Waals surface area contributed by atoms with Gasteiger partial charge in [-0.05, 0) is 47.5 Å². The molecule has 27 heavy (non-hydrogen) atoms. The van der Waals surface area contributed by atoms with Crippen molar-refractivity contribution in [2.24, 2.45) is 11.5 Å². The summed E-state index contributed by atoms with van der Waals surface area (Å²) in [6, 6.07) is 6.43. The quantitative estimate of drug-likeness (QED) is 0.316. The second kappa shape index (κ2) is 8.72. The van der Waals surface area contributed by atoms with Gasteiger partial charge < -0.3 is 11.5 Å². The Morgan fingerprint density at radius 3 is 1.56 bits per heavy atom. The molecule has 0 saturated heterocycles. The van der Waals surface area contributed by atoms with Gasteiger partial charge in [0.15, 0.2) is 10.3 Å². The molecule has 0 heterocycles. The van der Waals surface area contributed by atoms with Gasteiger partial charge in [-0.1, -0.05) is 23.5 Å². The van der Waals surface area contributed by atoms with E-state index >= 15 is 0 Å². The molecule has 0 bridgehead atoms. The fourth-order valence-corrected chi connectivity index (χ4v) is 5.24. The fourth-order valence-electron chi connectivity index (χ4n) is 2.28. The van der Waals surface area contributed by atoms with Crippen molar-refractivity contribution in [1.29, 1.82) is 10.8 Å². The third kappa shape index (κ3) is 5.44. The van der Waals surface area contributed by atoms with Crippen LogP contribution < -0.4 is 11.5 Å². The van der Waals surface area contributed by atoms with Crippen LogP contribution in [0.1, 0.15) is 11.1 Å². The van der Waals surface area contributed by atoms with Crippen molar-refractivity contribution in [2.75, 3.05) is 0 Å². The third-order valence-electron chi connectivity index (χ3n) is 3.39. The van der Waals surface area contributed by atoms with Gasteiger partial charge in [0.05, 0.1) is 9.79 Å². The minimum Gasteiger partial charge on any atom is -0.379 e. The van der Waals surface area contributed by atoms with Crippen LogP contribution in [-0.4, -0.2) is 18.8 Å². The van der Waals surface area contributed by atoms with Crippen molar-refractivity contribution in [1.82, 2.24) is 0 Å². The monoisotopic (exact) mass is 430 g/mol. The van der Waals surface area contributed by atoms with Crippen LogP contribution in [0, 0.1) is 22.5 Å². The zero-order chi connectivity index (χ0) is 20.2. The van der Waals surface area contributed by atoms with Crippen molar-refractivity contribution >= 4 is 43.7 Å². The van der Waals surface area contributed by atoms with E-state index in [-0.39, 0.29) is 42.8 Å². The van der Waals surface area contributed by atoms with Gasteiger partial charge in [-0.15, -0.1) is 0 Å². The van der Waals surface area contributed by atoms with E-state index in [1.165, 1.54) is 0 Å². The molecule has 0 radical (unpaired) electrons. The molecule has 0 aromatic heterocycles. The predicted molar refractivity (Wildman–Crippen MR) is 105 cm³/mol. The molecular weight excluding hydrogens is 414 g/mol. The van der Waals surface area contributed by atoms with Crippen molar-refractivity contribution in [3.63, 3.8) is 0 Å². The number of nitrogens with two attached hydrogens (primary N) is 2. The van der Waals surface area contributed by atoms with Crippen molar-refractivity contribution < 1.29 is 17.2 Å². The lowest BCUT2D eigenvalue weighted by molar-refractivity contribution is 0.591. The minimum absolute atomic E-state index is 0.0135. The highest BCUT2D eigenvalue weighted by molar-refractivity contribution is 8.13. The van der Waals surface area contributed by atoms with Crippen LogP contribution in [0.2, 0.25) is 0 Å². The maximum atomic E-state index is 13.6. The Hall–Kier alpha value is -2.11. The highest BCUT2D eigenvalue weighted by Gasteiger charge is 2.25. The molecule has 0 aliphatic heterocycles. The number of benzene rings is 2. The number of rotatable bonds is 6. The Morgan fingerprint density at radius 1 is 0.852 bits per heavy atom. The van der Waals surface area contributed by atoms with Gasteiger partial charge >= 0.3 is 0 Å². The van der Waals surface area contributed by atoms with Crippen LogP contribution >= 0.6 is 23.5 Å². The summed E-state index contributed by atoms with van der Waals surface area (Å²) < 4.78 is 53.6. The van der Waals surface area contributed by atoms with Crippen LogP contribution in [0.4, 0.5) is 8.78 Å². The van der Waals surface area contributed by atoms with E-state index in [1.54, 1.807) is 0 Å². The first kappa shape index (κ1) is 21.2. The summed E-state index contributed by atoms with van der Waals surface area (Å²) in [5.41, 5.74) is 10.9. The van der Waals surface area contributed by atoms with E-state index in [0.29, 0.717) is 0 Å². The van der Waals surface area contributed by atoms with Crippen molar-refractivity contribution in [2.45, 2.75) is 21.3 Å². The minimum atomic E-state index is -4.11. The number of halogens is 2. The molecule has 0 aliphatic carbocycles. The molecule has 6 N–H and O–H groups in total. The molecule has 2 aromatic rings. The maximum absolute atomic E-state index is 13.6. The number of hydrogen-bond donors (Lipinski definition) is 4. The molecule has 2 aromatic carbocycles. The molecule has 0 spiro atoms. The molecular formula is C16H16F2N4O2S3. The number of thioether (sulfide) groups is 2. The van der Waals surface area contributed by atoms with Gasteiger partial charge in [0.1, 0.15) is 11.6 Å². The Balaban J connectivity index is 2.56. The third-order valence-corrected chi connectivity index (χ3v) is 6.88. The maximum Gasteiger partial charge on any atom is 0.207 e. The van der Waals surface area contributed by atoms with E-state index in [0.717, 1.165) is 59.9 Å². The van der Waals surface area contributed by atoms with Crippen LogP contribution in [-0.2, 0) is 21.3 Å². The Labute approximate surface area is 163 Å². The van der Waals surface area contributed by atoms with Crippen LogP contribution in [0.3, 0.4) is 0 Å². The highest BCUT2D eigenvalue weighted by atomic mass is 32.2. The highest BCUT2D eigenvalue weighted by Crippen LogP contribution is 2.31. The van der Waals surface area contributed by atoms with Crippen LogP contribution in [0.5, 0.6) is 0 Å². The average molecular weight is 431 g/mol. The molecule has 2 rings (SSSR count). The van der Waals surface area contributed by atoms with Crippen LogP contribution in [0.25, 0.3) is 0 Å². The van der Waals surface area contributed by atoms with E-state index in [4.69, 9.17) is 22.3 Å². The molecule has 11 heteroatoms. The summed E-state index contributed by atoms with van der Waals surface area (Å²) in [6.07, 6.45) is 0.